The number of aryl methyl sites for hydroxylation is 1. The van der Waals surface area contributed by atoms with Crippen LogP contribution in [0.3, 0.4) is 0 Å². The Morgan fingerprint density at radius 2 is 1.68 bits per heavy atom. The Hall–Kier alpha value is -2.12. The number of hydrogen-bond acceptors (Lipinski definition) is 3. The van der Waals surface area contributed by atoms with Crippen LogP contribution in [0.15, 0.2) is 53.4 Å². The smallest absolute Gasteiger partial charge is 0.261 e. The molecule has 0 amide bonds. The zero-order chi connectivity index (χ0) is 16.2. The quantitative estimate of drug-likeness (QED) is 0.750. The minimum atomic E-state index is -3.61. The predicted octanol–water partition coefficient (Wildman–Crippen LogP) is 2.71. The molecule has 0 radical (unpaired) electrons. The second-order valence-electron chi connectivity index (χ2n) is 4.65. The fourth-order valence-electron chi connectivity index (χ4n) is 1.80. The topological polar surface area (TPSA) is 70.2 Å². The summed E-state index contributed by atoms with van der Waals surface area (Å²) >= 11 is 4.99. The number of nitrogens with one attached hydrogen (secondary N) is 3. The molecule has 22 heavy (non-hydrogen) atoms. The van der Waals surface area contributed by atoms with Gasteiger partial charge in [0.05, 0.1) is 10.6 Å². The van der Waals surface area contributed by atoms with Gasteiger partial charge in [-0.15, -0.1) is 0 Å². The van der Waals surface area contributed by atoms with Gasteiger partial charge >= 0.3 is 0 Å². The molecule has 7 heteroatoms. The highest BCUT2D eigenvalue weighted by molar-refractivity contribution is 7.92. The van der Waals surface area contributed by atoms with Crippen LogP contribution in [0, 0.1) is 6.92 Å². The number of benzene rings is 2. The summed E-state index contributed by atoms with van der Waals surface area (Å²) in [6.07, 6.45) is 0. The molecule has 0 saturated heterocycles. The summed E-state index contributed by atoms with van der Waals surface area (Å²) in [5, 5.41) is 6.19. The molecule has 0 saturated carbocycles. The Bertz CT molecular complexity index is 772. The van der Waals surface area contributed by atoms with Gasteiger partial charge in [0.1, 0.15) is 0 Å². The maximum absolute atomic E-state index is 12.4. The molecule has 2 aromatic rings. The predicted molar refractivity (Wildman–Crippen MR) is 93.7 cm³/mol. The highest BCUT2D eigenvalue weighted by atomic mass is 32.2. The molecule has 0 heterocycles. The number of anilines is 2. The Morgan fingerprint density at radius 3 is 2.27 bits per heavy atom. The van der Waals surface area contributed by atoms with Crippen LogP contribution < -0.4 is 15.4 Å². The average Bonchev–Trinajstić information content (AvgIpc) is 2.50. The second-order valence-corrected chi connectivity index (χ2v) is 6.74. The molecule has 0 aliphatic rings. The Kier molecular flexibility index (Phi) is 4.99. The Labute approximate surface area is 135 Å². The zero-order valence-corrected chi connectivity index (χ0v) is 13.9. The van der Waals surface area contributed by atoms with Crippen LogP contribution in [0.5, 0.6) is 0 Å². The third kappa shape index (κ3) is 3.96. The van der Waals surface area contributed by atoms with Gasteiger partial charge in [-0.05, 0) is 55.0 Å². The number of thiocarbonyl (C=S) groups is 1. The molecule has 116 valence electrons. The van der Waals surface area contributed by atoms with Crippen LogP contribution in [-0.2, 0) is 10.0 Å². The Morgan fingerprint density at radius 1 is 1.05 bits per heavy atom. The zero-order valence-electron chi connectivity index (χ0n) is 12.3. The molecule has 2 rings (SSSR count). The van der Waals surface area contributed by atoms with Crippen LogP contribution in [0.25, 0.3) is 0 Å². The lowest BCUT2D eigenvalue weighted by Gasteiger charge is -2.11. The first kappa shape index (κ1) is 16.3. The maximum atomic E-state index is 12.4. The van der Waals surface area contributed by atoms with Crippen molar-refractivity contribution < 1.29 is 8.42 Å². The van der Waals surface area contributed by atoms with Crippen molar-refractivity contribution in [1.29, 1.82) is 0 Å². The highest BCUT2D eigenvalue weighted by Crippen LogP contribution is 2.20. The Balaban J connectivity index is 2.19. The molecule has 0 aromatic heterocycles. The lowest BCUT2D eigenvalue weighted by atomic mass is 10.2. The first-order chi connectivity index (χ1) is 10.4. The van der Waals surface area contributed by atoms with Gasteiger partial charge in [0.15, 0.2) is 5.11 Å². The van der Waals surface area contributed by atoms with Crippen molar-refractivity contribution in [3.63, 3.8) is 0 Å². The molecule has 0 aliphatic carbocycles. The molecule has 2 aromatic carbocycles. The van der Waals surface area contributed by atoms with Gasteiger partial charge in [-0.3, -0.25) is 4.72 Å². The number of sulfonamides is 1. The van der Waals surface area contributed by atoms with E-state index in [-0.39, 0.29) is 4.90 Å². The van der Waals surface area contributed by atoms with Gasteiger partial charge in [0.2, 0.25) is 0 Å². The normalized spacial score (nSPS) is 10.8. The number of rotatable bonds is 4. The molecule has 0 unspecified atom stereocenters. The summed E-state index contributed by atoms with van der Waals surface area (Å²) in [4.78, 5) is 0.191. The van der Waals surface area contributed by atoms with Crippen molar-refractivity contribution >= 4 is 38.7 Å². The minimum Gasteiger partial charge on any atom is -0.366 e. The van der Waals surface area contributed by atoms with Gasteiger partial charge in [-0.25, -0.2) is 8.42 Å². The van der Waals surface area contributed by atoms with Gasteiger partial charge in [0.25, 0.3) is 10.0 Å². The van der Waals surface area contributed by atoms with Gasteiger partial charge in [0, 0.05) is 12.7 Å². The number of para-hydroxylation sites is 1. The second kappa shape index (κ2) is 6.76. The summed E-state index contributed by atoms with van der Waals surface area (Å²) in [6, 6.07) is 13.6. The summed E-state index contributed by atoms with van der Waals surface area (Å²) in [5.74, 6) is 0. The molecular weight excluding hydrogens is 318 g/mol. The molecule has 0 aliphatic heterocycles. The highest BCUT2D eigenvalue weighted by Gasteiger charge is 2.14. The van der Waals surface area contributed by atoms with E-state index in [9.17, 15) is 8.42 Å². The van der Waals surface area contributed by atoms with E-state index in [0.29, 0.717) is 16.5 Å². The largest absolute Gasteiger partial charge is 0.366 e. The van der Waals surface area contributed by atoms with Crippen LogP contribution in [0.2, 0.25) is 0 Å². The van der Waals surface area contributed by atoms with E-state index in [2.05, 4.69) is 15.4 Å². The average molecular weight is 335 g/mol. The summed E-state index contributed by atoms with van der Waals surface area (Å²) in [5.41, 5.74) is 2.15. The molecule has 0 atom stereocenters. The summed E-state index contributed by atoms with van der Waals surface area (Å²) in [6.45, 7) is 1.85. The van der Waals surface area contributed by atoms with Crippen molar-refractivity contribution in [3.8, 4) is 0 Å². The van der Waals surface area contributed by atoms with Gasteiger partial charge in [-0.2, -0.15) is 0 Å². The molecule has 0 spiro atoms. The first-order valence-corrected chi connectivity index (χ1v) is 8.49. The standard InChI is InChI=1S/C15H17N3O2S2/c1-11-5-3-4-6-14(11)18-22(19,20)13-9-7-12(8-10-13)17-15(21)16-2/h3-10,18H,1-2H3,(H2,16,17,21). The van der Waals surface area contributed by atoms with Gasteiger partial charge < -0.3 is 10.6 Å². The minimum absolute atomic E-state index is 0.191. The van der Waals surface area contributed by atoms with Crippen LogP contribution in [-0.4, -0.2) is 20.6 Å². The first-order valence-electron chi connectivity index (χ1n) is 6.59. The van der Waals surface area contributed by atoms with Crippen molar-refractivity contribution in [2.45, 2.75) is 11.8 Å². The lowest BCUT2D eigenvalue weighted by Crippen LogP contribution is -2.24. The SMILES string of the molecule is CNC(=S)Nc1ccc(S(=O)(=O)Nc2ccccc2C)cc1. The monoisotopic (exact) mass is 335 g/mol. The fraction of sp³-hybridized carbons (Fsp3) is 0.133. The van der Waals surface area contributed by atoms with Gasteiger partial charge in [-0.1, -0.05) is 18.2 Å². The van der Waals surface area contributed by atoms with E-state index < -0.39 is 10.0 Å². The van der Waals surface area contributed by atoms with E-state index >= 15 is 0 Å². The van der Waals surface area contributed by atoms with Crippen LogP contribution >= 0.6 is 12.2 Å². The summed E-state index contributed by atoms with van der Waals surface area (Å²) in [7, 11) is -1.90. The van der Waals surface area contributed by atoms with Crippen LogP contribution in [0.4, 0.5) is 11.4 Å². The van der Waals surface area contributed by atoms with E-state index in [1.165, 1.54) is 12.1 Å². The third-order valence-corrected chi connectivity index (χ3v) is 4.73. The van der Waals surface area contributed by atoms with Crippen molar-refractivity contribution in [2.24, 2.45) is 0 Å². The van der Waals surface area contributed by atoms with E-state index in [0.717, 1.165) is 5.56 Å². The van der Waals surface area contributed by atoms with Crippen molar-refractivity contribution in [2.75, 3.05) is 17.1 Å². The molecule has 0 fully saturated rings. The van der Waals surface area contributed by atoms with Crippen molar-refractivity contribution in [3.05, 3.63) is 54.1 Å². The van der Waals surface area contributed by atoms with Crippen molar-refractivity contribution in [1.82, 2.24) is 5.32 Å². The number of hydrogen-bond donors (Lipinski definition) is 3. The van der Waals surface area contributed by atoms with E-state index in [1.54, 1.807) is 31.3 Å². The summed E-state index contributed by atoms with van der Waals surface area (Å²) < 4.78 is 27.3. The molecule has 5 nitrogen and oxygen atoms in total. The maximum Gasteiger partial charge on any atom is 0.261 e. The van der Waals surface area contributed by atoms with E-state index in [1.807, 2.05) is 19.1 Å². The molecular formula is C15H17N3O2S2. The third-order valence-electron chi connectivity index (χ3n) is 3.04. The van der Waals surface area contributed by atoms with Crippen LogP contribution in [0.1, 0.15) is 5.56 Å². The molecule has 0 bridgehead atoms. The van der Waals surface area contributed by atoms with E-state index in [4.69, 9.17) is 12.2 Å². The fourth-order valence-corrected chi connectivity index (χ4v) is 3.05. The molecule has 3 N–H and O–H groups in total. The lowest BCUT2D eigenvalue weighted by molar-refractivity contribution is 0.601.